The molecule has 0 unspecified atom stereocenters. The van der Waals surface area contributed by atoms with Gasteiger partial charge in [-0.3, -0.25) is 4.99 Å². The van der Waals surface area contributed by atoms with E-state index in [0.717, 1.165) is 24.2 Å². The average molecular weight is 322 g/mol. The van der Waals surface area contributed by atoms with Crippen LogP contribution >= 0.6 is 0 Å². The van der Waals surface area contributed by atoms with Gasteiger partial charge in [-0.25, -0.2) is 4.79 Å². The van der Waals surface area contributed by atoms with Crippen molar-refractivity contribution in [3.63, 3.8) is 0 Å². The van der Waals surface area contributed by atoms with Gasteiger partial charge in [0.2, 0.25) is 0 Å². The van der Waals surface area contributed by atoms with E-state index in [1.54, 1.807) is 24.3 Å². The van der Waals surface area contributed by atoms with E-state index in [2.05, 4.69) is 34.2 Å². The second-order valence-corrected chi connectivity index (χ2v) is 6.11. The monoisotopic (exact) mass is 322 g/mol. The Bertz CT molecular complexity index is 699. The van der Waals surface area contributed by atoms with E-state index in [0.29, 0.717) is 12.1 Å². The fourth-order valence-corrected chi connectivity index (χ4v) is 2.93. The van der Waals surface area contributed by atoms with Crippen molar-refractivity contribution in [2.45, 2.75) is 25.8 Å². The zero-order valence-corrected chi connectivity index (χ0v) is 13.7. The highest BCUT2D eigenvalue weighted by atomic mass is 16.4. The summed E-state index contributed by atoms with van der Waals surface area (Å²) in [7, 11) is 0. The van der Waals surface area contributed by atoms with Crippen molar-refractivity contribution in [2.24, 2.45) is 4.99 Å². The fourth-order valence-electron chi connectivity index (χ4n) is 2.93. The molecule has 1 fully saturated rings. The van der Waals surface area contributed by atoms with Gasteiger partial charge in [0.1, 0.15) is 0 Å². The first-order valence-electron chi connectivity index (χ1n) is 8.39. The van der Waals surface area contributed by atoms with Crippen molar-refractivity contribution < 1.29 is 9.90 Å². The molecule has 1 aliphatic heterocycles. The van der Waals surface area contributed by atoms with Gasteiger partial charge in [-0.05, 0) is 54.7 Å². The molecule has 0 atom stereocenters. The third-order valence-electron chi connectivity index (χ3n) is 4.33. The number of carboxylic acid groups (broad SMARTS) is 1. The highest BCUT2D eigenvalue weighted by Crippen LogP contribution is 2.19. The Balaban J connectivity index is 1.57. The molecule has 0 aliphatic carbocycles. The number of hydrogen-bond donors (Lipinski definition) is 1. The number of aromatic carboxylic acids is 1. The third-order valence-corrected chi connectivity index (χ3v) is 4.33. The van der Waals surface area contributed by atoms with Crippen LogP contribution in [0.1, 0.15) is 40.7 Å². The van der Waals surface area contributed by atoms with Crippen LogP contribution in [0.5, 0.6) is 0 Å². The van der Waals surface area contributed by atoms with Gasteiger partial charge in [-0.15, -0.1) is 0 Å². The van der Waals surface area contributed by atoms with Crippen LogP contribution < -0.4 is 4.90 Å². The number of anilines is 1. The molecule has 0 saturated carbocycles. The van der Waals surface area contributed by atoms with Gasteiger partial charge in [-0.1, -0.05) is 24.3 Å². The molecule has 0 radical (unpaired) electrons. The Hall–Kier alpha value is -2.62. The molecule has 1 saturated heterocycles. The molecule has 0 aromatic heterocycles. The Labute approximate surface area is 142 Å². The lowest BCUT2D eigenvalue weighted by Gasteiger charge is -2.28. The molecule has 1 aliphatic rings. The van der Waals surface area contributed by atoms with Crippen molar-refractivity contribution in [3.8, 4) is 0 Å². The van der Waals surface area contributed by atoms with Gasteiger partial charge >= 0.3 is 5.97 Å². The van der Waals surface area contributed by atoms with E-state index in [-0.39, 0.29) is 0 Å². The Kier molecular flexibility index (Phi) is 5.26. The third kappa shape index (κ3) is 4.22. The lowest BCUT2D eigenvalue weighted by molar-refractivity contribution is 0.0697. The van der Waals surface area contributed by atoms with Crippen molar-refractivity contribution in [1.82, 2.24) is 0 Å². The van der Waals surface area contributed by atoms with Crippen molar-refractivity contribution in [2.75, 3.05) is 18.0 Å². The summed E-state index contributed by atoms with van der Waals surface area (Å²) in [6.07, 6.45) is 5.77. The predicted octanol–water partition coefficient (Wildman–Crippen LogP) is 3.99. The van der Waals surface area contributed by atoms with Crippen LogP contribution in [0.3, 0.4) is 0 Å². The normalized spacial score (nSPS) is 14.9. The number of carboxylic acids is 1. The average Bonchev–Trinajstić information content (AvgIpc) is 2.63. The molecule has 4 nitrogen and oxygen atoms in total. The summed E-state index contributed by atoms with van der Waals surface area (Å²) in [5.74, 6) is -0.904. The van der Waals surface area contributed by atoms with Crippen LogP contribution in [0.15, 0.2) is 53.5 Å². The minimum atomic E-state index is -0.904. The highest BCUT2D eigenvalue weighted by Gasteiger charge is 2.10. The lowest BCUT2D eigenvalue weighted by Crippen LogP contribution is -2.29. The van der Waals surface area contributed by atoms with Gasteiger partial charge in [-0.2, -0.15) is 0 Å². The van der Waals surface area contributed by atoms with E-state index in [1.165, 1.54) is 24.9 Å². The molecule has 1 N–H and O–H groups in total. The fraction of sp³-hybridized carbons (Fsp3) is 0.300. The van der Waals surface area contributed by atoms with Crippen LogP contribution in [-0.2, 0) is 6.54 Å². The van der Waals surface area contributed by atoms with Gasteiger partial charge < -0.3 is 10.0 Å². The lowest BCUT2D eigenvalue weighted by atomic mass is 10.1. The number of benzene rings is 2. The van der Waals surface area contributed by atoms with E-state index < -0.39 is 5.97 Å². The molecule has 3 rings (SSSR count). The molecular formula is C20H22N2O2. The molecule has 0 amide bonds. The van der Waals surface area contributed by atoms with Crippen molar-refractivity contribution in [1.29, 1.82) is 0 Å². The summed E-state index contributed by atoms with van der Waals surface area (Å²) >= 11 is 0. The number of rotatable bonds is 5. The summed E-state index contributed by atoms with van der Waals surface area (Å²) in [6.45, 7) is 2.85. The zero-order valence-electron chi connectivity index (χ0n) is 13.7. The SMILES string of the molecule is O=C(O)c1ccc(CN=Cc2ccc(N3CCCCC3)cc2)cc1. The maximum Gasteiger partial charge on any atom is 0.335 e. The number of hydrogen-bond acceptors (Lipinski definition) is 3. The van der Waals surface area contributed by atoms with E-state index in [9.17, 15) is 4.79 Å². The first kappa shape index (κ1) is 16.2. The minimum Gasteiger partial charge on any atom is -0.478 e. The van der Waals surface area contributed by atoms with Gasteiger partial charge in [0.05, 0.1) is 12.1 Å². The largest absolute Gasteiger partial charge is 0.478 e. The first-order chi connectivity index (χ1) is 11.7. The molecule has 24 heavy (non-hydrogen) atoms. The van der Waals surface area contributed by atoms with Gasteiger partial charge in [0.15, 0.2) is 0 Å². The van der Waals surface area contributed by atoms with E-state index >= 15 is 0 Å². The van der Waals surface area contributed by atoms with Gasteiger partial charge in [0, 0.05) is 25.0 Å². The molecule has 1 heterocycles. The predicted molar refractivity (Wildman–Crippen MR) is 97.2 cm³/mol. The van der Waals surface area contributed by atoms with Crippen LogP contribution in [-0.4, -0.2) is 30.4 Å². The van der Waals surface area contributed by atoms with Crippen molar-refractivity contribution in [3.05, 3.63) is 65.2 Å². The number of nitrogens with zero attached hydrogens (tertiary/aromatic N) is 2. The first-order valence-corrected chi connectivity index (χ1v) is 8.39. The molecule has 4 heteroatoms. The quantitative estimate of drug-likeness (QED) is 0.847. The minimum absolute atomic E-state index is 0.302. The van der Waals surface area contributed by atoms with Crippen LogP contribution in [0.4, 0.5) is 5.69 Å². The second kappa shape index (κ2) is 7.77. The maximum atomic E-state index is 10.8. The molecule has 124 valence electrons. The standard InChI is InChI=1S/C20H22N2O2/c23-20(24)18-8-4-16(5-9-18)14-21-15-17-6-10-19(11-7-17)22-12-2-1-3-13-22/h4-11,15H,1-3,12-14H2,(H,23,24). The summed E-state index contributed by atoms with van der Waals surface area (Å²) in [6, 6.07) is 15.4. The smallest absolute Gasteiger partial charge is 0.335 e. The number of carbonyl (C=O) groups is 1. The van der Waals surface area contributed by atoms with E-state index in [1.807, 2.05) is 6.21 Å². The van der Waals surface area contributed by atoms with Crippen LogP contribution in [0.25, 0.3) is 0 Å². The van der Waals surface area contributed by atoms with Gasteiger partial charge in [0.25, 0.3) is 0 Å². The Morgan fingerprint density at radius 2 is 1.67 bits per heavy atom. The topological polar surface area (TPSA) is 52.9 Å². The summed E-state index contributed by atoms with van der Waals surface area (Å²) in [4.78, 5) is 17.7. The zero-order chi connectivity index (χ0) is 16.8. The second-order valence-electron chi connectivity index (χ2n) is 6.11. The molecule has 2 aromatic carbocycles. The Morgan fingerprint density at radius 1 is 1.00 bits per heavy atom. The maximum absolute atomic E-state index is 10.8. The Morgan fingerprint density at radius 3 is 2.29 bits per heavy atom. The molecule has 0 bridgehead atoms. The van der Waals surface area contributed by atoms with Crippen molar-refractivity contribution >= 4 is 17.9 Å². The molecule has 2 aromatic rings. The van der Waals surface area contributed by atoms with E-state index in [4.69, 9.17) is 5.11 Å². The molecule has 0 spiro atoms. The highest BCUT2D eigenvalue weighted by molar-refractivity contribution is 5.87. The summed E-state index contributed by atoms with van der Waals surface area (Å²) < 4.78 is 0. The van der Waals surface area contributed by atoms with Crippen LogP contribution in [0.2, 0.25) is 0 Å². The number of aliphatic imine (C=N–C) groups is 1. The number of piperidine rings is 1. The van der Waals surface area contributed by atoms with Crippen LogP contribution in [0, 0.1) is 0 Å². The summed E-state index contributed by atoms with van der Waals surface area (Å²) in [5.41, 5.74) is 3.67. The summed E-state index contributed by atoms with van der Waals surface area (Å²) in [5, 5.41) is 8.88. The molecular weight excluding hydrogens is 300 g/mol.